The highest BCUT2D eigenvalue weighted by Gasteiger charge is 2.27. The number of primary amides is 1. The van der Waals surface area contributed by atoms with Crippen molar-refractivity contribution in [3.05, 3.63) is 0 Å². The number of nitrogens with two attached hydrogens (primary N) is 1. The van der Waals surface area contributed by atoms with E-state index < -0.39 is 36.1 Å². The van der Waals surface area contributed by atoms with E-state index in [0.717, 1.165) is 25.7 Å². The van der Waals surface area contributed by atoms with E-state index in [1.54, 1.807) is 0 Å². The van der Waals surface area contributed by atoms with Crippen LogP contribution in [0.4, 0.5) is 9.59 Å². The zero-order valence-corrected chi connectivity index (χ0v) is 15.3. The molecule has 25 heavy (non-hydrogen) atoms. The van der Waals surface area contributed by atoms with Crippen molar-refractivity contribution >= 4 is 35.7 Å². The highest BCUT2D eigenvalue weighted by molar-refractivity contribution is 7.98. The molecule has 0 saturated heterocycles. The predicted octanol–water partition coefficient (Wildman–Crippen LogP) is 0.477. The smallest absolute Gasteiger partial charge is 0.329 e. The van der Waals surface area contributed by atoms with E-state index in [4.69, 9.17) is 10.5 Å². The van der Waals surface area contributed by atoms with Gasteiger partial charge in [-0.1, -0.05) is 12.8 Å². The number of imide groups is 1. The summed E-state index contributed by atoms with van der Waals surface area (Å²) < 4.78 is 5.03. The molecule has 0 bridgehead atoms. The van der Waals surface area contributed by atoms with Gasteiger partial charge in [0.2, 0.25) is 0 Å². The third kappa shape index (κ3) is 8.10. The van der Waals surface area contributed by atoms with Crippen LogP contribution in [-0.4, -0.2) is 54.1 Å². The fourth-order valence-electron chi connectivity index (χ4n) is 2.47. The minimum Gasteiger partial charge on any atom is -0.451 e. The Bertz CT molecular complexity index is 496. The highest BCUT2D eigenvalue weighted by atomic mass is 32.2. The van der Waals surface area contributed by atoms with Crippen LogP contribution in [0.3, 0.4) is 0 Å². The van der Waals surface area contributed by atoms with Gasteiger partial charge in [0, 0.05) is 6.04 Å². The molecule has 0 heterocycles. The number of urea groups is 2. The van der Waals surface area contributed by atoms with E-state index in [1.807, 2.05) is 6.26 Å². The molecule has 0 aromatic heterocycles. The number of ether oxygens (including phenoxy) is 1. The van der Waals surface area contributed by atoms with Gasteiger partial charge < -0.3 is 21.1 Å². The average Bonchev–Trinajstić information content (AvgIpc) is 3.03. The fraction of sp³-hybridized carbons (Fsp3) is 0.733. The van der Waals surface area contributed by atoms with Gasteiger partial charge in [0.25, 0.3) is 5.91 Å². The third-order valence-corrected chi connectivity index (χ3v) is 4.44. The van der Waals surface area contributed by atoms with Crippen LogP contribution in [0.1, 0.15) is 39.0 Å². The number of esters is 1. The second-order valence-electron chi connectivity index (χ2n) is 5.87. The van der Waals surface area contributed by atoms with Crippen molar-refractivity contribution in [1.29, 1.82) is 0 Å². The van der Waals surface area contributed by atoms with Gasteiger partial charge in [-0.05, 0) is 38.2 Å². The Morgan fingerprint density at radius 1 is 1.24 bits per heavy atom. The fourth-order valence-corrected chi connectivity index (χ4v) is 2.94. The molecule has 10 heteroatoms. The maximum atomic E-state index is 12.1. The van der Waals surface area contributed by atoms with Crippen LogP contribution in [0.15, 0.2) is 0 Å². The summed E-state index contributed by atoms with van der Waals surface area (Å²) in [5, 5.41) is 7.15. The van der Waals surface area contributed by atoms with Gasteiger partial charge in [-0.15, -0.1) is 0 Å². The van der Waals surface area contributed by atoms with Gasteiger partial charge >= 0.3 is 18.0 Å². The maximum Gasteiger partial charge on any atom is 0.329 e. The lowest BCUT2D eigenvalue weighted by Gasteiger charge is -2.19. The number of hydrogen-bond acceptors (Lipinski definition) is 6. The molecule has 1 fully saturated rings. The minimum absolute atomic E-state index is 0.0707. The normalized spacial score (nSPS) is 16.6. The van der Waals surface area contributed by atoms with Crippen molar-refractivity contribution in [3.63, 3.8) is 0 Å². The Balaban J connectivity index is 2.45. The first-order chi connectivity index (χ1) is 11.8. The quantitative estimate of drug-likeness (QED) is 0.456. The Kier molecular flexibility index (Phi) is 9.11. The van der Waals surface area contributed by atoms with Gasteiger partial charge in [-0.2, -0.15) is 11.8 Å². The molecule has 5 N–H and O–H groups in total. The van der Waals surface area contributed by atoms with E-state index in [-0.39, 0.29) is 6.04 Å². The molecule has 0 aromatic rings. The molecule has 1 aliphatic rings. The summed E-state index contributed by atoms with van der Waals surface area (Å²) in [6.07, 6.45) is 4.89. The number of amides is 5. The Morgan fingerprint density at radius 3 is 2.44 bits per heavy atom. The predicted molar refractivity (Wildman–Crippen MR) is 94.0 cm³/mol. The first kappa shape index (κ1) is 21.1. The van der Waals surface area contributed by atoms with Crippen LogP contribution in [0.5, 0.6) is 0 Å². The number of thioether (sulfide) groups is 1. The van der Waals surface area contributed by atoms with Crippen molar-refractivity contribution in [3.8, 4) is 0 Å². The Morgan fingerprint density at radius 2 is 1.88 bits per heavy atom. The molecule has 0 aromatic carbocycles. The van der Waals surface area contributed by atoms with E-state index >= 15 is 0 Å². The van der Waals surface area contributed by atoms with Crippen LogP contribution in [0, 0.1) is 0 Å². The van der Waals surface area contributed by atoms with Gasteiger partial charge in [0.05, 0.1) is 0 Å². The minimum atomic E-state index is -1.17. The van der Waals surface area contributed by atoms with Crippen molar-refractivity contribution in [2.45, 2.75) is 57.2 Å². The molecule has 2 atom stereocenters. The molecule has 0 unspecified atom stereocenters. The molecule has 0 aliphatic heterocycles. The first-order valence-electron chi connectivity index (χ1n) is 8.20. The van der Waals surface area contributed by atoms with Gasteiger partial charge in [0.15, 0.2) is 6.10 Å². The first-order valence-corrected chi connectivity index (χ1v) is 9.59. The second-order valence-corrected chi connectivity index (χ2v) is 6.85. The average molecular weight is 374 g/mol. The number of nitrogens with one attached hydrogen (secondary N) is 3. The number of carbonyl (C=O) groups excluding carboxylic acids is 4. The molecule has 0 spiro atoms. The molecule has 142 valence electrons. The van der Waals surface area contributed by atoms with Gasteiger partial charge in [-0.3, -0.25) is 10.1 Å². The van der Waals surface area contributed by atoms with E-state index in [9.17, 15) is 19.2 Å². The topological polar surface area (TPSA) is 140 Å². The lowest BCUT2D eigenvalue weighted by Crippen LogP contribution is -2.49. The Labute approximate surface area is 151 Å². The van der Waals surface area contributed by atoms with E-state index in [0.29, 0.717) is 12.2 Å². The van der Waals surface area contributed by atoms with Gasteiger partial charge in [-0.25, -0.2) is 14.4 Å². The summed E-state index contributed by atoms with van der Waals surface area (Å²) >= 11 is 1.49. The van der Waals surface area contributed by atoms with Crippen LogP contribution >= 0.6 is 11.8 Å². The third-order valence-electron chi connectivity index (χ3n) is 3.80. The van der Waals surface area contributed by atoms with Gasteiger partial charge in [0.1, 0.15) is 6.04 Å². The molecular weight excluding hydrogens is 348 g/mol. The summed E-state index contributed by atoms with van der Waals surface area (Å²) in [5.74, 6) is -0.900. The largest absolute Gasteiger partial charge is 0.451 e. The Hall–Kier alpha value is -1.97. The molecule has 0 radical (unpaired) electrons. The monoisotopic (exact) mass is 374 g/mol. The molecule has 9 nitrogen and oxygen atoms in total. The number of hydrogen-bond donors (Lipinski definition) is 4. The molecular formula is C15H26N4O5S. The number of carbonyl (C=O) groups is 4. The number of rotatable bonds is 8. The maximum absolute atomic E-state index is 12.1. The van der Waals surface area contributed by atoms with Crippen molar-refractivity contribution < 1.29 is 23.9 Å². The summed E-state index contributed by atoms with van der Waals surface area (Å²) in [5.41, 5.74) is 5.04. The van der Waals surface area contributed by atoms with E-state index in [1.165, 1.54) is 18.7 Å². The second kappa shape index (κ2) is 10.8. The van der Waals surface area contributed by atoms with Crippen LogP contribution < -0.4 is 21.7 Å². The molecule has 1 saturated carbocycles. The zero-order chi connectivity index (χ0) is 18.8. The standard InChI is InChI=1S/C15H26N4O5S/c1-9(12(20)19-15(23)17-10-5-3-4-6-10)24-13(21)11(7-8-25-2)18-14(16)22/h9-11H,3-8H2,1-2H3,(H3,16,18,22)(H2,17,19,20,23)/t9-,11-/m1/s1. The summed E-state index contributed by atoms with van der Waals surface area (Å²) in [4.78, 5) is 46.8. The van der Waals surface area contributed by atoms with Crippen LogP contribution in [0.25, 0.3) is 0 Å². The zero-order valence-electron chi connectivity index (χ0n) is 14.5. The molecule has 5 amide bonds. The molecule has 1 aliphatic carbocycles. The van der Waals surface area contributed by atoms with Crippen LogP contribution in [0.2, 0.25) is 0 Å². The van der Waals surface area contributed by atoms with E-state index in [2.05, 4.69) is 16.0 Å². The lowest BCUT2D eigenvalue weighted by molar-refractivity contribution is -0.156. The summed E-state index contributed by atoms with van der Waals surface area (Å²) in [6, 6.07) is -2.32. The van der Waals surface area contributed by atoms with Crippen molar-refractivity contribution in [1.82, 2.24) is 16.0 Å². The van der Waals surface area contributed by atoms with Crippen LogP contribution in [-0.2, 0) is 14.3 Å². The SMILES string of the molecule is CSCC[C@@H](NC(N)=O)C(=O)O[C@H](C)C(=O)NC(=O)NC1CCCC1. The molecule has 1 rings (SSSR count). The van der Waals surface area contributed by atoms with Crippen molar-refractivity contribution in [2.24, 2.45) is 5.73 Å². The highest BCUT2D eigenvalue weighted by Crippen LogP contribution is 2.17. The van der Waals surface area contributed by atoms with Crippen molar-refractivity contribution in [2.75, 3.05) is 12.0 Å². The summed E-state index contributed by atoms with van der Waals surface area (Å²) in [7, 11) is 0. The lowest BCUT2D eigenvalue weighted by atomic mass is 10.2. The summed E-state index contributed by atoms with van der Waals surface area (Å²) in [6.45, 7) is 1.35.